The monoisotopic (exact) mass is 327 g/mol. The van der Waals surface area contributed by atoms with E-state index < -0.39 is 0 Å². The zero-order valence-electron chi connectivity index (χ0n) is 13.1. The fraction of sp³-hybridized carbons (Fsp3) is 0.222. The van der Waals surface area contributed by atoms with Gasteiger partial charge >= 0.3 is 0 Å². The largest absolute Gasteiger partial charge is 0.324 e. The summed E-state index contributed by atoms with van der Waals surface area (Å²) in [5, 5.41) is 3.48. The number of benzene rings is 2. The molecule has 23 heavy (non-hydrogen) atoms. The van der Waals surface area contributed by atoms with Gasteiger partial charge in [-0.15, -0.1) is 0 Å². The first-order valence-corrected chi connectivity index (χ1v) is 7.93. The van der Waals surface area contributed by atoms with Gasteiger partial charge in [0.1, 0.15) is 12.4 Å². The number of hydrogen-bond acceptors (Lipinski definition) is 2. The zero-order valence-corrected chi connectivity index (χ0v) is 13.8. The summed E-state index contributed by atoms with van der Waals surface area (Å²) in [6, 6.07) is 15.0. The van der Waals surface area contributed by atoms with Gasteiger partial charge in [0.2, 0.25) is 5.91 Å². The summed E-state index contributed by atoms with van der Waals surface area (Å²) in [5.41, 5.74) is 2.57. The molecule has 0 bridgehead atoms. The number of aromatic nitrogens is 2. The summed E-state index contributed by atoms with van der Waals surface area (Å²) in [5.74, 6) is 1.05. The van der Waals surface area contributed by atoms with Crippen LogP contribution in [0, 0.1) is 0 Å². The molecule has 1 aromatic heterocycles. The highest BCUT2D eigenvalue weighted by atomic mass is 35.5. The van der Waals surface area contributed by atoms with Crippen LogP contribution >= 0.6 is 11.6 Å². The lowest BCUT2D eigenvalue weighted by atomic mass is 10.2. The number of hydrogen-bond donors (Lipinski definition) is 1. The fourth-order valence-corrected chi connectivity index (χ4v) is 2.80. The summed E-state index contributed by atoms with van der Waals surface area (Å²) < 4.78 is 1.97. The van der Waals surface area contributed by atoms with E-state index in [9.17, 15) is 4.79 Å². The molecular formula is C18H18ClN3O. The Morgan fingerprint density at radius 2 is 2.00 bits per heavy atom. The number of fused-ring (bicyclic) bond motifs is 1. The number of para-hydroxylation sites is 2. The Morgan fingerprint density at radius 3 is 2.74 bits per heavy atom. The van der Waals surface area contributed by atoms with Crippen molar-refractivity contribution in [3.63, 3.8) is 0 Å². The van der Waals surface area contributed by atoms with Crippen LogP contribution in [0.1, 0.15) is 25.6 Å². The molecule has 0 spiro atoms. The number of nitrogens with one attached hydrogen (secondary N) is 1. The van der Waals surface area contributed by atoms with Crippen LogP contribution in [0.3, 0.4) is 0 Å². The van der Waals surface area contributed by atoms with Crippen molar-refractivity contribution in [3.8, 4) is 0 Å². The molecule has 118 valence electrons. The van der Waals surface area contributed by atoms with Crippen molar-refractivity contribution in [1.29, 1.82) is 0 Å². The Morgan fingerprint density at radius 1 is 1.22 bits per heavy atom. The molecule has 0 unspecified atom stereocenters. The van der Waals surface area contributed by atoms with Gasteiger partial charge in [-0.2, -0.15) is 0 Å². The minimum Gasteiger partial charge on any atom is -0.324 e. The maximum atomic E-state index is 12.4. The zero-order chi connectivity index (χ0) is 16.4. The maximum Gasteiger partial charge on any atom is 0.244 e. The van der Waals surface area contributed by atoms with Crippen molar-refractivity contribution in [1.82, 2.24) is 9.55 Å². The molecule has 0 aliphatic carbocycles. The summed E-state index contributed by atoms with van der Waals surface area (Å²) in [4.78, 5) is 17.1. The van der Waals surface area contributed by atoms with Crippen molar-refractivity contribution in [2.75, 3.05) is 5.32 Å². The summed E-state index contributed by atoms with van der Waals surface area (Å²) >= 11 is 5.95. The van der Waals surface area contributed by atoms with Gasteiger partial charge in [0.15, 0.2) is 0 Å². The smallest absolute Gasteiger partial charge is 0.244 e. The van der Waals surface area contributed by atoms with Gasteiger partial charge in [0.25, 0.3) is 0 Å². The second kappa shape index (κ2) is 6.42. The highest BCUT2D eigenvalue weighted by molar-refractivity contribution is 6.30. The molecule has 0 saturated carbocycles. The van der Waals surface area contributed by atoms with Crippen molar-refractivity contribution >= 4 is 34.2 Å². The SMILES string of the molecule is CC(C)c1nc2ccccc2n1CC(=O)Nc1cccc(Cl)c1. The highest BCUT2D eigenvalue weighted by Crippen LogP contribution is 2.22. The number of carbonyl (C=O) groups excluding carboxylic acids is 1. The fourth-order valence-electron chi connectivity index (χ4n) is 2.61. The molecule has 5 heteroatoms. The first-order chi connectivity index (χ1) is 11.0. The van der Waals surface area contributed by atoms with Crippen molar-refractivity contribution in [3.05, 3.63) is 59.4 Å². The Bertz CT molecular complexity index is 854. The molecule has 4 nitrogen and oxygen atoms in total. The van der Waals surface area contributed by atoms with Crippen molar-refractivity contribution in [2.24, 2.45) is 0 Å². The molecule has 0 fully saturated rings. The van der Waals surface area contributed by atoms with Crippen LogP contribution < -0.4 is 5.32 Å². The number of rotatable bonds is 4. The first kappa shape index (κ1) is 15.6. The molecule has 1 N–H and O–H groups in total. The lowest BCUT2D eigenvalue weighted by Crippen LogP contribution is -2.20. The summed E-state index contributed by atoms with van der Waals surface area (Å²) in [6.45, 7) is 4.37. The molecule has 1 heterocycles. The number of nitrogens with zero attached hydrogens (tertiary/aromatic N) is 2. The van der Waals surface area contributed by atoms with E-state index in [0.29, 0.717) is 10.7 Å². The first-order valence-electron chi connectivity index (χ1n) is 7.55. The lowest BCUT2D eigenvalue weighted by molar-refractivity contribution is -0.116. The molecule has 1 amide bonds. The quantitative estimate of drug-likeness (QED) is 0.769. The van der Waals surface area contributed by atoms with Crippen LogP contribution in [0.25, 0.3) is 11.0 Å². The van der Waals surface area contributed by atoms with Gasteiger partial charge in [0.05, 0.1) is 11.0 Å². The van der Waals surface area contributed by atoms with Crippen molar-refractivity contribution < 1.29 is 4.79 Å². The topological polar surface area (TPSA) is 46.9 Å². The van der Waals surface area contributed by atoms with Crippen molar-refractivity contribution in [2.45, 2.75) is 26.3 Å². The summed E-state index contributed by atoms with van der Waals surface area (Å²) in [7, 11) is 0. The van der Waals surface area contributed by atoms with Crippen LogP contribution in [0.5, 0.6) is 0 Å². The van der Waals surface area contributed by atoms with Gasteiger partial charge < -0.3 is 9.88 Å². The van der Waals surface area contributed by atoms with Gasteiger partial charge in [-0.05, 0) is 30.3 Å². The van der Waals surface area contributed by atoms with E-state index in [-0.39, 0.29) is 18.4 Å². The van der Waals surface area contributed by atoms with Gasteiger partial charge in [-0.3, -0.25) is 4.79 Å². The molecular weight excluding hydrogens is 310 g/mol. The standard InChI is InChI=1S/C18H18ClN3O/c1-12(2)18-21-15-8-3-4-9-16(15)22(18)11-17(23)20-14-7-5-6-13(19)10-14/h3-10,12H,11H2,1-2H3,(H,20,23). The molecule has 3 rings (SSSR count). The van der Waals surface area contributed by atoms with Crippen LogP contribution in [0.2, 0.25) is 5.02 Å². The van der Waals surface area contributed by atoms with E-state index in [0.717, 1.165) is 16.9 Å². The van der Waals surface area contributed by atoms with E-state index in [1.165, 1.54) is 0 Å². The van der Waals surface area contributed by atoms with E-state index in [1.54, 1.807) is 12.1 Å². The third-order valence-electron chi connectivity index (χ3n) is 3.61. The maximum absolute atomic E-state index is 12.4. The van der Waals surface area contributed by atoms with E-state index >= 15 is 0 Å². The van der Waals surface area contributed by atoms with E-state index in [4.69, 9.17) is 11.6 Å². The third kappa shape index (κ3) is 3.37. The molecule has 0 radical (unpaired) electrons. The molecule has 2 aromatic carbocycles. The number of anilines is 1. The Balaban J connectivity index is 1.88. The van der Waals surface area contributed by atoms with Crippen LogP contribution in [-0.2, 0) is 11.3 Å². The Labute approximate surface area is 140 Å². The third-order valence-corrected chi connectivity index (χ3v) is 3.85. The highest BCUT2D eigenvalue weighted by Gasteiger charge is 2.15. The molecule has 0 aliphatic rings. The molecule has 3 aromatic rings. The normalized spacial score (nSPS) is 11.1. The van der Waals surface area contributed by atoms with Gasteiger partial charge in [0, 0.05) is 16.6 Å². The van der Waals surface area contributed by atoms with Crippen LogP contribution in [0.4, 0.5) is 5.69 Å². The van der Waals surface area contributed by atoms with Gasteiger partial charge in [-0.1, -0.05) is 43.6 Å². The number of carbonyl (C=O) groups is 1. The number of imidazole rings is 1. The Hall–Kier alpha value is -2.33. The minimum atomic E-state index is -0.0997. The number of amides is 1. The second-order valence-electron chi connectivity index (χ2n) is 5.76. The average Bonchev–Trinajstić information content (AvgIpc) is 2.86. The van der Waals surface area contributed by atoms with E-state index in [2.05, 4.69) is 24.1 Å². The predicted octanol–water partition coefficient (Wildman–Crippen LogP) is 4.45. The van der Waals surface area contributed by atoms with Gasteiger partial charge in [-0.25, -0.2) is 4.98 Å². The summed E-state index contributed by atoms with van der Waals surface area (Å²) in [6.07, 6.45) is 0. The predicted molar refractivity (Wildman–Crippen MR) is 93.9 cm³/mol. The lowest BCUT2D eigenvalue weighted by Gasteiger charge is -2.12. The molecule has 0 atom stereocenters. The minimum absolute atomic E-state index is 0.0997. The number of halogens is 1. The Kier molecular flexibility index (Phi) is 4.35. The molecule has 0 aliphatic heterocycles. The van der Waals surface area contributed by atoms with E-state index in [1.807, 2.05) is 41.0 Å². The van der Waals surface area contributed by atoms with Crippen LogP contribution in [-0.4, -0.2) is 15.5 Å². The van der Waals surface area contributed by atoms with Crippen LogP contribution in [0.15, 0.2) is 48.5 Å². The second-order valence-corrected chi connectivity index (χ2v) is 6.19. The molecule has 0 saturated heterocycles. The average molecular weight is 328 g/mol.